The molecule has 0 saturated carbocycles. The minimum atomic E-state index is -1.06. The van der Waals surface area contributed by atoms with Crippen molar-refractivity contribution in [2.75, 3.05) is 37.1 Å². The Kier molecular flexibility index (Phi) is 12.7. The molecule has 0 aliphatic carbocycles. The molecule has 2 aliphatic heterocycles. The van der Waals surface area contributed by atoms with Gasteiger partial charge in [-0.1, -0.05) is 0 Å². The molecule has 0 fully saturated rings. The van der Waals surface area contributed by atoms with E-state index in [4.69, 9.17) is 28.8 Å². The number of anilines is 2. The maximum absolute atomic E-state index is 12.9. The van der Waals surface area contributed by atoms with E-state index in [1.54, 1.807) is 70.7 Å². The van der Waals surface area contributed by atoms with Gasteiger partial charge in [-0.05, 0) is 111 Å². The van der Waals surface area contributed by atoms with Crippen LogP contribution < -0.4 is 19.3 Å². The highest BCUT2D eigenvalue weighted by molar-refractivity contribution is 6.05. The Labute approximate surface area is 304 Å². The summed E-state index contributed by atoms with van der Waals surface area (Å²) in [4.78, 5) is 75.3. The van der Waals surface area contributed by atoms with Gasteiger partial charge in [0.25, 0.3) is 11.8 Å². The SMILES string of the molecule is COC(=O)c1cc2c(cc1C)OC(C)(C)C(=O)N2CCCC(=O)O.COC(=O)c1cc2c(cc1C)OC(C)(C)C(=O)N2CCCC(=O)OC(C)(C)C. The molecular formula is C38H50N2O12. The molecule has 14 nitrogen and oxygen atoms in total. The first kappa shape index (κ1) is 41.3. The number of carbonyl (C=O) groups is 6. The van der Waals surface area contributed by atoms with Crippen LogP contribution in [0.1, 0.15) is 106 Å². The van der Waals surface area contributed by atoms with E-state index in [1.807, 2.05) is 20.8 Å². The molecule has 0 saturated heterocycles. The maximum Gasteiger partial charge on any atom is 0.338 e. The molecule has 2 aromatic carbocycles. The Hall–Kier alpha value is -5.14. The summed E-state index contributed by atoms with van der Waals surface area (Å²) in [6, 6.07) is 6.60. The minimum absolute atomic E-state index is 0.0455. The van der Waals surface area contributed by atoms with E-state index in [-0.39, 0.29) is 37.2 Å². The first-order valence-electron chi connectivity index (χ1n) is 16.9. The number of rotatable bonds is 10. The van der Waals surface area contributed by atoms with Crippen LogP contribution in [0.5, 0.6) is 11.5 Å². The van der Waals surface area contributed by atoms with Gasteiger partial charge in [0.1, 0.15) is 17.1 Å². The Balaban J connectivity index is 0.000000284. The van der Waals surface area contributed by atoms with E-state index in [1.165, 1.54) is 19.1 Å². The topological polar surface area (TPSA) is 175 Å². The predicted octanol–water partition coefficient (Wildman–Crippen LogP) is 5.56. The van der Waals surface area contributed by atoms with Crippen LogP contribution in [0, 0.1) is 13.8 Å². The number of nitrogens with zero attached hydrogens (tertiary/aromatic N) is 2. The number of amides is 2. The van der Waals surface area contributed by atoms with E-state index in [0.717, 1.165) is 0 Å². The van der Waals surface area contributed by atoms with Gasteiger partial charge in [0.15, 0.2) is 11.2 Å². The number of esters is 3. The number of carbonyl (C=O) groups excluding carboxylic acids is 5. The summed E-state index contributed by atoms with van der Waals surface area (Å²) in [5.41, 5.74) is 0.391. The fourth-order valence-corrected chi connectivity index (χ4v) is 5.70. The van der Waals surface area contributed by atoms with Crippen LogP contribution in [0.4, 0.5) is 11.4 Å². The molecule has 2 amide bonds. The number of benzene rings is 2. The number of fused-ring (bicyclic) bond motifs is 2. The van der Waals surface area contributed by atoms with Gasteiger partial charge in [0, 0.05) is 25.9 Å². The Morgan fingerprint density at radius 1 is 0.712 bits per heavy atom. The summed E-state index contributed by atoms with van der Waals surface area (Å²) >= 11 is 0. The summed E-state index contributed by atoms with van der Waals surface area (Å²) in [5, 5.41) is 8.80. The number of hydrogen-bond acceptors (Lipinski definition) is 11. The number of ether oxygens (including phenoxy) is 5. The van der Waals surface area contributed by atoms with Gasteiger partial charge in [-0.25, -0.2) is 9.59 Å². The molecule has 0 bridgehead atoms. The fraction of sp³-hybridized carbons (Fsp3) is 0.526. The maximum atomic E-state index is 12.9. The molecule has 0 atom stereocenters. The molecule has 14 heteroatoms. The van der Waals surface area contributed by atoms with E-state index >= 15 is 0 Å². The normalized spacial score (nSPS) is 15.5. The van der Waals surface area contributed by atoms with Gasteiger partial charge in [0.05, 0.1) is 36.7 Å². The van der Waals surface area contributed by atoms with Gasteiger partial charge >= 0.3 is 23.9 Å². The van der Waals surface area contributed by atoms with Gasteiger partial charge in [-0.3, -0.25) is 19.2 Å². The first-order chi connectivity index (χ1) is 24.0. The molecule has 284 valence electrons. The van der Waals surface area contributed by atoms with Crippen molar-refractivity contribution < 1.29 is 57.6 Å². The lowest BCUT2D eigenvalue weighted by molar-refractivity contribution is -0.155. The summed E-state index contributed by atoms with van der Waals surface area (Å²) in [6.45, 7) is 16.2. The van der Waals surface area contributed by atoms with Crippen molar-refractivity contribution >= 4 is 47.1 Å². The lowest BCUT2D eigenvalue weighted by Gasteiger charge is -2.39. The smallest absolute Gasteiger partial charge is 0.338 e. The molecular weight excluding hydrogens is 676 g/mol. The van der Waals surface area contributed by atoms with Crippen LogP contribution in [0.15, 0.2) is 24.3 Å². The Bertz CT molecular complexity index is 1740. The van der Waals surface area contributed by atoms with Gasteiger partial charge < -0.3 is 38.6 Å². The zero-order valence-corrected chi connectivity index (χ0v) is 31.9. The second-order valence-corrected chi connectivity index (χ2v) is 14.6. The van der Waals surface area contributed by atoms with Crippen molar-refractivity contribution in [1.29, 1.82) is 0 Å². The van der Waals surface area contributed by atoms with Crippen molar-refractivity contribution in [3.8, 4) is 11.5 Å². The van der Waals surface area contributed by atoms with E-state index in [9.17, 15) is 28.8 Å². The number of carboxylic acid groups (broad SMARTS) is 1. The van der Waals surface area contributed by atoms with Crippen LogP contribution in [-0.2, 0) is 33.4 Å². The van der Waals surface area contributed by atoms with Crippen molar-refractivity contribution in [2.24, 2.45) is 0 Å². The average molecular weight is 727 g/mol. The van der Waals surface area contributed by atoms with Crippen molar-refractivity contribution in [2.45, 2.75) is 105 Å². The molecule has 2 aliphatic rings. The molecule has 0 unspecified atom stereocenters. The highest BCUT2D eigenvalue weighted by Crippen LogP contribution is 2.41. The highest BCUT2D eigenvalue weighted by Gasteiger charge is 2.42. The number of aryl methyl sites for hydroxylation is 2. The van der Waals surface area contributed by atoms with Crippen LogP contribution in [0.3, 0.4) is 0 Å². The molecule has 52 heavy (non-hydrogen) atoms. The third kappa shape index (κ3) is 9.80. The number of hydrogen-bond donors (Lipinski definition) is 1. The van der Waals surface area contributed by atoms with Crippen molar-refractivity contribution in [3.63, 3.8) is 0 Å². The fourth-order valence-electron chi connectivity index (χ4n) is 5.70. The van der Waals surface area contributed by atoms with Crippen LogP contribution >= 0.6 is 0 Å². The molecule has 1 N–H and O–H groups in total. The Morgan fingerprint density at radius 2 is 1.10 bits per heavy atom. The standard InChI is InChI=1S/C21H29NO6.C17H21NO6/c1-13-11-16-15(12-14(13)18(24)26-7)22(19(25)21(5,6)27-16)10-8-9-17(23)28-20(2,3)4;1-10-8-13-12(9-11(10)15(21)23-4)18(7-5-6-14(19)20)16(22)17(2,3)24-13/h11-12H,8-10H2,1-7H3;8-9H,5-7H2,1-4H3,(H,19,20). The summed E-state index contributed by atoms with van der Waals surface area (Å²) in [5.74, 6) is -1.72. The van der Waals surface area contributed by atoms with E-state index in [0.29, 0.717) is 64.5 Å². The molecule has 0 spiro atoms. The summed E-state index contributed by atoms with van der Waals surface area (Å²) in [7, 11) is 2.60. The van der Waals surface area contributed by atoms with Crippen molar-refractivity contribution in [3.05, 3.63) is 46.5 Å². The van der Waals surface area contributed by atoms with Gasteiger partial charge in [-0.15, -0.1) is 0 Å². The number of carboxylic acids is 1. The van der Waals surface area contributed by atoms with E-state index in [2.05, 4.69) is 0 Å². The predicted molar refractivity (Wildman–Crippen MR) is 191 cm³/mol. The zero-order valence-electron chi connectivity index (χ0n) is 31.9. The average Bonchev–Trinajstić information content (AvgIpc) is 3.02. The number of methoxy groups -OCH3 is 2. The molecule has 2 aromatic rings. The Morgan fingerprint density at radius 3 is 1.44 bits per heavy atom. The van der Waals surface area contributed by atoms with Gasteiger partial charge in [0.2, 0.25) is 0 Å². The highest BCUT2D eigenvalue weighted by atomic mass is 16.6. The second kappa shape index (κ2) is 16.0. The third-order valence-corrected chi connectivity index (χ3v) is 8.21. The molecule has 0 radical (unpaired) electrons. The van der Waals surface area contributed by atoms with Gasteiger partial charge in [-0.2, -0.15) is 0 Å². The largest absolute Gasteiger partial charge is 0.481 e. The van der Waals surface area contributed by atoms with E-state index < -0.39 is 34.7 Å². The van der Waals surface area contributed by atoms with Crippen LogP contribution in [0.2, 0.25) is 0 Å². The summed E-state index contributed by atoms with van der Waals surface area (Å²) < 4.78 is 26.6. The minimum Gasteiger partial charge on any atom is -0.481 e. The lowest BCUT2D eigenvalue weighted by atomic mass is 10.00. The molecule has 4 rings (SSSR count). The third-order valence-electron chi connectivity index (χ3n) is 8.21. The number of aliphatic carboxylic acids is 1. The quantitative estimate of drug-likeness (QED) is 0.239. The second-order valence-electron chi connectivity index (χ2n) is 14.6. The van der Waals surface area contributed by atoms with Crippen molar-refractivity contribution in [1.82, 2.24) is 0 Å². The van der Waals surface area contributed by atoms with Crippen LogP contribution in [-0.4, -0.2) is 84.9 Å². The van der Waals surface area contributed by atoms with Crippen LogP contribution in [0.25, 0.3) is 0 Å². The zero-order chi connectivity index (χ0) is 39.3. The summed E-state index contributed by atoms with van der Waals surface area (Å²) in [6.07, 6.45) is 0.874. The monoisotopic (exact) mass is 726 g/mol. The lowest BCUT2D eigenvalue weighted by Crippen LogP contribution is -2.53. The molecule has 0 aromatic heterocycles. The molecule has 2 heterocycles. The first-order valence-corrected chi connectivity index (χ1v) is 16.9.